The molecule has 4 saturated heterocycles. The number of benzene rings is 1. The molecule has 1 aromatic carbocycles. The Balaban J connectivity index is 1.37. The molecule has 3 aliphatic carbocycles. The van der Waals surface area contributed by atoms with Crippen molar-refractivity contribution in [2.24, 2.45) is 5.92 Å². The molecular formula is C26H36N2O. The van der Waals surface area contributed by atoms with Crippen LogP contribution in [0, 0.1) is 12.8 Å². The fourth-order valence-electron chi connectivity index (χ4n) is 8.40. The molecule has 4 heterocycles. The van der Waals surface area contributed by atoms with Crippen molar-refractivity contribution in [3.8, 4) is 0 Å². The van der Waals surface area contributed by atoms with E-state index < -0.39 is 0 Å². The van der Waals surface area contributed by atoms with Crippen molar-refractivity contribution in [2.75, 3.05) is 32.8 Å². The molecule has 29 heavy (non-hydrogen) atoms. The molecule has 0 amide bonds. The van der Waals surface area contributed by atoms with Gasteiger partial charge in [-0.2, -0.15) is 0 Å². The molecule has 0 aromatic heterocycles. The van der Waals surface area contributed by atoms with Crippen molar-refractivity contribution >= 4 is 0 Å². The van der Waals surface area contributed by atoms with Crippen LogP contribution >= 0.6 is 0 Å². The number of likely N-dealkylation sites (tertiary alicyclic amines) is 2. The van der Waals surface area contributed by atoms with Crippen LogP contribution in [0.2, 0.25) is 0 Å². The van der Waals surface area contributed by atoms with Gasteiger partial charge in [0, 0.05) is 23.5 Å². The Labute approximate surface area is 175 Å². The summed E-state index contributed by atoms with van der Waals surface area (Å²) in [4.78, 5) is 5.73. The van der Waals surface area contributed by atoms with Gasteiger partial charge in [-0.3, -0.25) is 9.80 Å². The van der Waals surface area contributed by atoms with Gasteiger partial charge in [-0.25, -0.2) is 0 Å². The number of ether oxygens (including phenoxy) is 1. The van der Waals surface area contributed by atoms with E-state index in [2.05, 4.69) is 34.9 Å². The molecule has 7 aliphatic rings. The SMILES string of the molecule is Cc1ccc2c(c1)[C@]13CCN(CC4CC4)[C@H](C2)[C@]12CCC(N1CCCC1)(CO2)C3. The summed E-state index contributed by atoms with van der Waals surface area (Å²) >= 11 is 0. The molecule has 4 aliphatic heterocycles. The second kappa shape index (κ2) is 5.87. The normalized spacial score (nSPS) is 44.0. The topological polar surface area (TPSA) is 15.7 Å². The Bertz CT molecular complexity index is 831. The van der Waals surface area contributed by atoms with Crippen LogP contribution < -0.4 is 0 Å². The molecule has 156 valence electrons. The van der Waals surface area contributed by atoms with E-state index >= 15 is 0 Å². The van der Waals surface area contributed by atoms with E-state index in [9.17, 15) is 0 Å². The number of rotatable bonds is 3. The molecule has 6 fully saturated rings. The van der Waals surface area contributed by atoms with Crippen LogP contribution in [0.1, 0.15) is 68.1 Å². The lowest BCUT2D eigenvalue weighted by Gasteiger charge is -2.73. The monoisotopic (exact) mass is 392 g/mol. The van der Waals surface area contributed by atoms with Gasteiger partial charge in [0.2, 0.25) is 0 Å². The van der Waals surface area contributed by atoms with Gasteiger partial charge < -0.3 is 4.74 Å². The molecule has 2 saturated carbocycles. The molecule has 0 N–H and O–H groups in total. The van der Waals surface area contributed by atoms with E-state index in [1.807, 2.05) is 0 Å². The second-order valence-corrected chi connectivity index (χ2v) is 11.4. The largest absolute Gasteiger partial charge is 0.370 e. The summed E-state index contributed by atoms with van der Waals surface area (Å²) in [6.45, 7) is 8.48. The van der Waals surface area contributed by atoms with Gasteiger partial charge in [-0.1, -0.05) is 23.8 Å². The highest BCUT2D eigenvalue weighted by molar-refractivity contribution is 5.48. The minimum absolute atomic E-state index is 0.0718. The zero-order chi connectivity index (χ0) is 19.3. The maximum absolute atomic E-state index is 7.19. The van der Waals surface area contributed by atoms with Gasteiger partial charge in [-0.05, 0) is 101 Å². The second-order valence-electron chi connectivity index (χ2n) is 11.4. The molecule has 1 unspecified atom stereocenters. The smallest absolute Gasteiger partial charge is 0.0938 e. The van der Waals surface area contributed by atoms with Gasteiger partial charge in [0.05, 0.1) is 12.2 Å². The Hall–Kier alpha value is -0.900. The lowest BCUT2D eigenvalue weighted by molar-refractivity contribution is -0.279. The van der Waals surface area contributed by atoms with Gasteiger partial charge in [0.15, 0.2) is 0 Å². The van der Waals surface area contributed by atoms with E-state index in [1.165, 1.54) is 89.5 Å². The average Bonchev–Trinajstić information content (AvgIpc) is 3.38. The standard InChI is InChI=1S/C26H36N2O/c1-19-4-7-21-15-23-26-9-8-24(18-29-26,28-11-2-3-12-28)17-25(26,22(21)14-19)10-13-27(23)16-20-5-6-20/h4,7,14,20,23H,2-3,5-6,8-13,15-18H2,1H3/t23-,24?,25-,26-/m1/s1. The molecule has 1 spiro atoms. The van der Waals surface area contributed by atoms with Crippen molar-refractivity contribution < 1.29 is 4.74 Å². The predicted molar refractivity (Wildman–Crippen MR) is 115 cm³/mol. The molecule has 3 heteroatoms. The van der Waals surface area contributed by atoms with E-state index in [-0.39, 0.29) is 11.0 Å². The van der Waals surface area contributed by atoms with Crippen LogP contribution in [-0.4, -0.2) is 59.8 Å². The lowest BCUT2D eigenvalue weighted by Crippen LogP contribution is -2.81. The summed E-state index contributed by atoms with van der Waals surface area (Å²) in [5, 5.41) is 0. The van der Waals surface area contributed by atoms with Gasteiger partial charge in [0.1, 0.15) is 0 Å². The van der Waals surface area contributed by atoms with Gasteiger partial charge in [-0.15, -0.1) is 0 Å². The highest BCUT2D eigenvalue weighted by Crippen LogP contribution is 2.66. The van der Waals surface area contributed by atoms with Crippen LogP contribution in [-0.2, 0) is 16.6 Å². The number of hydrogen-bond donors (Lipinski definition) is 0. The highest BCUT2D eigenvalue weighted by atomic mass is 16.5. The number of nitrogens with zero attached hydrogens (tertiary/aromatic N) is 2. The van der Waals surface area contributed by atoms with Crippen molar-refractivity contribution in [2.45, 2.75) is 87.3 Å². The summed E-state index contributed by atoms with van der Waals surface area (Å²) in [5.74, 6) is 0.967. The molecule has 1 aromatic rings. The number of hydrogen-bond acceptors (Lipinski definition) is 3. The molecular weight excluding hydrogens is 356 g/mol. The Morgan fingerprint density at radius 1 is 1.07 bits per heavy atom. The number of piperidine rings is 1. The quantitative estimate of drug-likeness (QED) is 0.771. The minimum Gasteiger partial charge on any atom is -0.370 e. The third-order valence-corrected chi connectivity index (χ3v) is 9.97. The first-order valence-electron chi connectivity index (χ1n) is 12.4. The van der Waals surface area contributed by atoms with E-state index in [0.717, 1.165) is 12.5 Å². The summed E-state index contributed by atoms with van der Waals surface area (Å²) in [7, 11) is 0. The minimum atomic E-state index is 0.0718. The van der Waals surface area contributed by atoms with Crippen LogP contribution in [0.3, 0.4) is 0 Å². The summed E-state index contributed by atoms with van der Waals surface area (Å²) < 4.78 is 7.19. The highest BCUT2D eigenvalue weighted by Gasteiger charge is 2.72. The van der Waals surface area contributed by atoms with Crippen molar-refractivity contribution in [3.63, 3.8) is 0 Å². The van der Waals surface area contributed by atoms with E-state index in [4.69, 9.17) is 4.74 Å². The molecule has 0 radical (unpaired) electrons. The maximum Gasteiger partial charge on any atom is 0.0938 e. The zero-order valence-electron chi connectivity index (χ0n) is 18.1. The van der Waals surface area contributed by atoms with Crippen LogP contribution in [0.15, 0.2) is 18.2 Å². The van der Waals surface area contributed by atoms with E-state index in [1.54, 1.807) is 11.1 Å². The first kappa shape index (κ1) is 17.7. The van der Waals surface area contributed by atoms with Gasteiger partial charge >= 0.3 is 0 Å². The van der Waals surface area contributed by atoms with Crippen molar-refractivity contribution in [3.05, 3.63) is 34.9 Å². The van der Waals surface area contributed by atoms with E-state index in [0.29, 0.717) is 11.6 Å². The summed E-state index contributed by atoms with van der Waals surface area (Å²) in [6.07, 6.45) is 12.2. The number of aryl methyl sites for hydroxylation is 1. The molecule has 4 atom stereocenters. The fraction of sp³-hybridized carbons (Fsp3) is 0.769. The van der Waals surface area contributed by atoms with Crippen LogP contribution in [0.25, 0.3) is 0 Å². The van der Waals surface area contributed by atoms with Gasteiger partial charge in [0.25, 0.3) is 0 Å². The maximum atomic E-state index is 7.19. The van der Waals surface area contributed by atoms with Crippen LogP contribution in [0.4, 0.5) is 0 Å². The third-order valence-electron chi connectivity index (χ3n) is 9.97. The molecule has 3 nitrogen and oxygen atoms in total. The Morgan fingerprint density at radius 2 is 1.93 bits per heavy atom. The first-order chi connectivity index (χ1) is 14.1. The third kappa shape index (κ3) is 2.25. The lowest BCUT2D eigenvalue weighted by atomic mass is 9.45. The molecule has 4 bridgehead atoms. The van der Waals surface area contributed by atoms with Crippen molar-refractivity contribution in [1.29, 1.82) is 0 Å². The average molecular weight is 393 g/mol. The summed E-state index contributed by atoms with van der Waals surface area (Å²) in [5.41, 5.74) is 5.38. The summed E-state index contributed by atoms with van der Waals surface area (Å²) in [6, 6.07) is 7.99. The van der Waals surface area contributed by atoms with Crippen LogP contribution in [0.5, 0.6) is 0 Å². The predicted octanol–water partition coefficient (Wildman–Crippen LogP) is 4.06. The Kier molecular flexibility index (Phi) is 3.59. The Morgan fingerprint density at radius 3 is 2.69 bits per heavy atom. The van der Waals surface area contributed by atoms with Crippen molar-refractivity contribution in [1.82, 2.24) is 9.80 Å². The first-order valence-corrected chi connectivity index (χ1v) is 12.4. The number of fused-ring (bicyclic) bond motifs is 3. The zero-order valence-corrected chi connectivity index (χ0v) is 18.1. The molecule has 8 rings (SSSR count). The fourth-order valence-corrected chi connectivity index (χ4v) is 8.40.